The summed E-state index contributed by atoms with van der Waals surface area (Å²) in [4.78, 5) is 55.7. The van der Waals surface area contributed by atoms with Gasteiger partial charge in [-0.25, -0.2) is 19.2 Å². The van der Waals surface area contributed by atoms with E-state index in [0.29, 0.717) is 11.1 Å². The van der Waals surface area contributed by atoms with Crippen LogP contribution in [0.15, 0.2) is 56.4 Å². The number of hydrogen-bond acceptors (Lipinski definition) is 8. The molecule has 26 heavy (non-hydrogen) atoms. The molecule has 0 fully saturated rings. The highest BCUT2D eigenvalue weighted by Gasteiger charge is 2.01. The van der Waals surface area contributed by atoms with E-state index >= 15 is 0 Å². The zero-order chi connectivity index (χ0) is 18.8. The number of aliphatic imine (C=N–C) groups is 4. The Labute approximate surface area is 146 Å². The summed E-state index contributed by atoms with van der Waals surface area (Å²) in [6.45, 7) is 0. The molecule has 0 bridgehead atoms. The third-order valence-corrected chi connectivity index (χ3v) is 3.02. The van der Waals surface area contributed by atoms with E-state index in [1.165, 1.54) is 36.5 Å². The van der Waals surface area contributed by atoms with Crippen molar-refractivity contribution in [3.63, 3.8) is 0 Å². The Bertz CT molecular complexity index is 907. The first-order valence-corrected chi connectivity index (χ1v) is 6.98. The highest BCUT2D eigenvalue weighted by molar-refractivity contribution is 5.77. The van der Waals surface area contributed by atoms with Crippen molar-refractivity contribution in [1.82, 2.24) is 0 Å². The fourth-order valence-electron chi connectivity index (χ4n) is 2.09. The highest BCUT2D eigenvalue weighted by atomic mass is 16.1. The van der Waals surface area contributed by atoms with Crippen molar-refractivity contribution in [1.29, 1.82) is 0 Å². The Balaban J connectivity index is 2.48. The molecule has 0 spiro atoms. The van der Waals surface area contributed by atoms with E-state index in [4.69, 9.17) is 0 Å². The molecule has 0 aliphatic rings. The molecule has 0 amide bonds. The van der Waals surface area contributed by atoms with Crippen molar-refractivity contribution in [3.05, 3.63) is 47.5 Å². The second-order valence-electron chi connectivity index (χ2n) is 4.71. The molecule has 0 aliphatic heterocycles. The fraction of sp³-hybridized carbons (Fsp3) is 0. The number of nitrogens with zero attached hydrogens (tertiary/aromatic N) is 4. The summed E-state index contributed by atoms with van der Waals surface area (Å²) in [6, 6.07) is 9.13. The van der Waals surface area contributed by atoms with Crippen LogP contribution in [0.25, 0.3) is 12.2 Å². The topological polar surface area (TPSA) is 118 Å². The zero-order valence-electron chi connectivity index (χ0n) is 13.0. The van der Waals surface area contributed by atoms with E-state index < -0.39 is 0 Å². The molecule has 0 heterocycles. The van der Waals surface area contributed by atoms with Crippen LogP contribution < -0.4 is 0 Å². The van der Waals surface area contributed by atoms with Gasteiger partial charge >= 0.3 is 0 Å². The number of isocyanates is 4. The summed E-state index contributed by atoms with van der Waals surface area (Å²) in [7, 11) is 0. The van der Waals surface area contributed by atoms with Gasteiger partial charge in [-0.3, -0.25) is 0 Å². The van der Waals surface area contributed by atoms with Crippen molar-refractivity contribution in [3.8, 4) is 0 Å². The monoisotopic (exact) mass is 344 g/mol. The van der Waals surface area contributed by atoms with E-state index in [0.717, 1.165) is 0 Å². The van der Waals surface area contributed by atoms with Crippen molar-refractivity contribution in [2.45, 2.75) is 0 Å². The van der Waals surface area contributed by atoms with Crippen LogP contribution >= 0.6 is 0 Å². The van der Waals surface area contributed by atoms with Crippen LogP contribution in [-0.2, 0) is 19.2 Å². The number of hydrogen-bond donors (Lipinski definition) is 0. The molecule has 0 radical (unpaired) electrons. The molecule has 0 aliphatic carbocycles. The van der Waals surface area contributed by atoms with E-state index in [9.17, 15) is 19.2 Å². The molecule has 2 aromatic carbocycles. The summed E-state index contributed by atoms with van der Waals surface area (Å²) in [5.41, 5.74) is 2.23. The van der Waals surface area contributed by atoms with Crippen LogP contribution in [0.3, 0.4) is 0 Å². The van der Waals surface area contributed by atoms with Gasteiger partial charge in [0.25, 0.3) is 0 Å². The molecule has 0 unspecified atom stereocenters. The minimum absolute atomic E-state index is 0.265. The van der Waals surface area contributed by atoms with Gasteiger partial charge in [0.1, 0.15) is 0 Å². The van der Waals surface area contributed by atoms with Crippen LogP contribution in [0.4, 0.5) is 22.7 Å². The smallest absolute Gasteiger partial charge is 0.211 e. The second-order valence-corrected chi connectivity index (χ2v) is 4.71. The maximum Gasteiger partial charge on any atom is 0.240 e. The van der Waals surface area contributed by atoms with E-state index in [1.807, 2.05) is 0 Å². The zero-order valence-corrected chi connectivity index (χ0v) is 13.0. The lowest BCUT2D eigenvalue weighted by molar-refractivity contribution is 0.564. The molecule has 0 saturated carbocycles. The molecule has 124 valence electrons. The van der Waals surface area contributed by atoms with E-state index in [-0.39, 0.29) is 22.7 Å². The summed E-state index contributed by atoms with van der Waals surface area (Å²) >= 11 is 0. The molecule has 0 atom stereocenters. The Hall–Kier alpha value is -4.30. The summed E-state index contributed by atoms with van der Waals surface area (Å²) in [5.74, 6) is 0. The SMILES string of the molecule is O=C=Nc1cc(/C=C/c2cc(N=C=O)cc(N=C=O)c2)cc(N=C=O)c1. The lowest BCUT2D eigenvalue weighted by Gasteiger charge is -2.00. The summed E-state index contributed by atoms with van der Waals surface area (Å²) < 4.78 is 0. The third-order valence-electron chi connectivity index (χ3n) is 3.02. The largest absolute Gasteiger partial charge is 0.240 e. The first-order valence-electron chi connectivity index (χ1n) is 6.98. The summed E-state index contributed by atoms with van der Waals surface area (Å²) in [6.07, 6.45) is 8.93. The highest BCUT2D eigenvalue weighted by Crippen LogP contribution is 2.27. The predicted molar refractivity (Wildman–Crippen MR) is 92.9 cm³/mol. The van der Waals surface area contributed by atoms with Gasteiger partial charge in [0.2, 0.25) is 24.3 Å². The number of benzene rings is 2. The van der Waals surface area contributed by atoms with Gasteiger partial charge < -0.3 is 0 Å². The van der Waals surface area contributed by atoms with Crippen LogP contribution in [0.1, 0.15) is 11.1 Å². The Morgan fingerprint density at radius 1 is 0.500 bits per heavy atom. The summed E-state index contributed by atoms with van der Waals surface area (Å²) in [5, 5.41) is 0. The molecule has 0 saturated heterocycles. The van der Waals surface area contributed by atoms with E-state index in [1.54, 1.807) is 36.4 Å². The van der Waals surface area contributed by atoms with Crippen molar-refractivity contribution < 1.29 is 19.2 Å². The molecule has 2 rings (SSSR count). The first-order chi connectivity index (χ1) is 12.7. The predicted octanol–water partition coefficient (Wildman–Crippen LogP) is 3.73. The van der Waals surface area contributed by atoms with Gasteiger partial charge in [0.15, 0.2) is 0 Å². The quantitative estimate of drug-likeness (QED) is 0.450. The molecule has 0 aromatic heterocycles. The minimum atomic E-state index is 0.265. The Kier molecular flexibility index (Phi) is 6.32. The third kappa shape index (κ3) is 5.11. The number of carbonyl (C=O) groups excluding carboxylic acids is 4. The standard InChI is InChI=1S/C18H8N4O4/c23-9-19-15-3-13(4-16(7-15)20-10-24)1-2-14-5-17(21-11-25)8-18(6-14)22-12-26/h1-8H/b2-1+. The van der Waals surface area contributed by atoms with E-state index in [2.05, 4.69) is 20.0 Å². The average Bonchev–Trinajstić information content (AvgIpc) is 2.61. The van der Waals surface area contributed by atoms with Crippen LogP contribution in [0.2, 0.25) is 0 Å². The molecule has 0 N–H and O–H groups in total. The van der Waals surface area contributed by atoms with Gasteiger partial charge in [0.05, 0.1) is 22.7 Å². The van der Waals surface area contributed by atoms with Gasteiger partial charge in [-0.15, -0.1) is 0 Å². The first kappa shape index (κ1) is 18.0. The molecule has 8 nitrogen and oxygen atoms in total. The van der Waals surface area contributed by atoms with Crippen molar-refractivity contribution in [2.24, 2.45) is 20.0 Å². The van der Waals surface area contributed by atoms with Crippen LogP contribution in [0, 0.1) is 0 Å². The fourth-order valence-corrected chi connectivity index (χ4v) is 2.09. The lowest BCUT2D eigenvalue weighted by atomic mass is 10.1. The van der Waals surface area contributed by atoms with Gasteiger partial charge in [-0.05, 0) is 47.5 Å². The van der Waals surface area contributed by atoms with Crippen LogP contribution in [0.5, 0.6) is 0 Å². The lowest BCUT2D eigenvalue weighted by Crippen LogP contribution is -1.76. The Morgan fingerprint density at radius 2 is 0.769 bits per heavy atom. The second kappa shape index (κ2) is 9.11. The maximum absolute atomic E-state index is 10.4. The van der Waals surface area contributed by atoms with Gasteiger partial charge in [0, 0.05) is 0 Å². The van der Waals surface area contributed by atoms with Gasteiger partial charge in [-0.1, -0.05) is 12.2 Å². The van der Waals surface area contributed by atoms with Crippen LogP contribution in [-0.4, -0.2) is 24.3 Å². The minimum Gasteiger partial charge on any atom is -0.211 e. The van der Waals surface area contributed by atoms with Crippen molar-refractivity contribution >= 4 is 59.2 Å². The number of rotatable bonds is 6. The normalized spacial score (nSPS) is 9.38. The average molecular weight is 344 g/mol. The molecular formula is C18H8N4O4. The maximum atomic E-state index is 10.4. The van der Waals surface area contributed by atoms with Gasteiger partial charge in [-0.2, -0.15) is 20.0 Å². The molecule has 8 heteroatoms. The molecular weight excluding hydrogens is 336 g/mol. The van der Waals surface area contributed by atoms with Crippen molar-refractivity contribution in [2.75, 3.05) is 0 Å². The molecule has 2 aromatic rings. The Morgan fingerprint density at radius 3 is 1.00 bits per heavy atom.